The maximum absolute atomic E-state index is 13.2. The van der Waals surface area contributed by atoms with E-state index in [0.29, 0.717) is 12.0 Å². The highest BCUT2D eigenvalue weighted by Gasteiger charge is 2.10. The van der Waals surface area contributed by atoms with Crippen LogP contribution in [0.4, 0.5) is 4.39 Å². The fraction of sp³-hybridized carbons (Fsp3) is 0.250. The number of phenols is 1. The number of nitrogens with zero attached hydrogens (tertiary/aromatic N) is 1. The van der Waals surface area contributed by atoms with Crippen molar-refractivity contribution in [2.75, 3.05) is 0 Å². The van der Waals surface area contributed by atoms with E-state index in [0.717, 1.165) is 5.56 Å². The average Bonchev–Trinajstić information content (AvgIpc) is 2.43. The lowest BCUT2D eigenvalue weighted by Gasteiger charge is -2.14. The third-order valence-electron chi connectivity index (χ3n) is 3.05. The van der Waals surface area contributed by atoms with E-state index in [1.165, 1.54) is 18.2 Å². The van der Waals surface area contributed by atoms with E-state index in [-0.39, 0.29) is 18.4 Å². The summed E-state index contributed by atoms with van der Waals surface area (Å²) in [6.07, 6.45) is 4.22. The van der Waals surface area contributed by atoms with Gasteiger partial charge >= 0.3 is 0 Å². The van der Waals surface area contributed by atoms with Gasteiger partial charge in [-0.05, 0) is 42.7 Å². The molecule has 4 nitrogen and oxygen atoms in total. The van der Waals surface area contributed by atoms with Gasteiger partial charge in [-0.15, -0.1) is 0 Å². The van der Waals surface area contributed by atoms with E-state index in [4.69, 9.17) is 5.11 Å². The second-order valence-corrected chi connectivity index (χ2v) is 5.00. The third-order valence-corrected chi connectivity index (χ3v) is 3.05. The first-order valence-electron chi connectivity index (χ1n) is 6.70. The third kappa shape index (κ3) is 4.56. The minimum absolute atomic E-state index is 0.0383. The zero-order valence-electron chi connectivity index (χ0n) is 11.7. The van der Waals surface area contributed by atoms with Gasteiger partial charge in [-0.3, -0.25) is 9.78 Å². The van der Waals surface area contributed by atoms with Crippen molar-refractivity contribution in [2.24, 2.45) is 0 Å². The molecule has 1 heterocycles. The molecule has 2 N–H and O–H groups in total. The lowest BCUT2D eigenvalue weighted by Crippen LogP contribution is -2.35. The highest BCUT2D eigenvalue weighted by Crippen LogP contribution is 2.16. The number of phenolic OH excluding ortho intramolecular Hbond substituents is 1. The Labute approximate surface area is 122 Å². The molecule has 5 heteroatoms. The van der Waals surface area contributed by atoms with E-state index >= 15 is 0 Å². The first-order chi connectivity index (χ1) is 10.0. The van der Waals surface area contributed by atoms with E-state index in [2.05, 4.69) is 10.3 Å². The van der Waals surface area contributed by atoms with Crippen molar-refractivity contribution in [1.29, 1.82) is 0 Å². The van der Waals surface area contributed by atoms with Crippen LogP contribution in [-0.2, 0) is 17.6 Å². The number of rotatable bonds is 5. The van der Waals surface area contributed by atoms with Gasteiger partial charge in [0.25, 0.3) is 0 Å². The monoisotopic (exact) mass is 288 g/mol. The van der Waals surface area contributed by atoms with Crippen molar-refractivity contribution < 1.29 is 14.3 Å². The molecule has 0 saturated heterocycles. The number of pyridine rings is 1. The second kappa shape index (κ2) is 6.83. The van der Waals surface area contributed by atoms with Gasteiger partial charge in [0.1, 0.15) is 0 Å². The first kappa shape index (κ1) is 15.0. The van der Waals surface area contributed by atoms with Crippen molar-refractivity contribution in [3.63, 3.8) is 0 Å². The van der Waals surface area contributed by atoms with E-state index in [1.54, 1.807) is 12.4 Å². The summed E-state index contributed by atoms with van der Waals surface area (Å²) in [6, 6.07) is 7.71. The molecule has 2 aromatic rings. The summed E-state index contributed by atoms with van der Waals surface area (Å²) in [5, 5.41) is 12.0. The van der Waals surface area contributed by atoms with Crippen molar-refractivity contribution in [3.05, 3.63) is 59.7 Å². The van der Waals surface area contributed by atoms with Gasteiger partial charge < -0.3 is 10.4 Å². The highest BCUT2D eigenvalue weighted by molar-refractivity contribution is 5.78. The smallest absolute Gasteiger partial charge is 0.224 e. The topological polar surface area (TPSA) is 62.2 Å². The zero-order chi connectivity index (χ0) is 15.2. The molecule has 21 heavy (non-hydrogen) atoms. The molecule has 0 fully saturated rings. The quantitative estimate of drug-likeness (QED) is 0.886. The maximum Gasteiger partial charge on any atom is 0.224 e. The lowest BCUT2D eigenvalue weighted by molar-refractivity contribution is -0.121. The highest BCUT2D eigenvalue weighted by atomic mass is 19.1. The number of hydrogen-bond donors (Lipinski definition) is 2. The Morgan fingerprint density at radius 3 is 2.86 bits per heavy atom. The number of benzene rings is 1. The number of amides is 1. The zero-order valence-corrected chi connectivity index (χ0v) is 11.7. The normalized spacial score (nSPS) is 11.9. The number of nitrogens with one attached hydrogen (secondary N) is 1. The Kier molecular flexibility index (Phi) is 4.87. The molecule has 110 valence electrons. The largest absolute Gasteiger partial charge is 0.505 e. The molecule has 0 aliphatic rings. The predicted octanol–water partition coefficient (Wildman–Crippen LogP) is 2.22. The Morgan fingerprint density at radius 2 is 2.19 bits per heavy atom. The summed E-state index contributed by atoms with van der Waals surface area (Å²) >= 11 is 0. The van der Waals surface area contributed by atoms with Gasteiger partial charge in [0.15, 0.2) is 11.6 Å². The minimum atomic E-state index is -0.719. The second-order valence-electron chi connectivity index (χ2n) is 5.00. The van der Waals surface area contributed by atoms with Gasteiger partial charge in [-0.25, -0.2) is 4.39 Å². The van der Waals surface area contributed by atoms with Crippen LogP contribution < -0.4 is 5.32 Å². The van der Waals surface area contributed by atoms with Crippen LogP contribution in [0, 0.1) is 5.82 Å². The molecular formula is C16H17FN2O2. The number of hydrogen-bond acceptors (Lipinski definition) is 3. The fourth-order valence-corrected chi connectivity index (χ4v) is 2.10. The van der Waals surface area contributed by atoms with Gasteiger partial charge in [-0.1, -0.05) is 12.1 Å². The summed E-state index contributed by atoms with van der Waals surface area (Å²) in [5.74, 6) is -1.32. The van der Waals surface area contributed by atoms with Crippen molar-refractivity contribution in [3.8, 4) is 5.75 Å². The predicted molar refractivity (Wildman–Crippen MR) is 77.3 cm³/mol. The van der Waals surface area contributed by atoms with Crippen LogP contribution in [0.1, 0.15) is 18.1 Å². The number of aromatic nitrogens is 1. The maximum atomic E-state index is 13.2. The molecule has 1 amide bonds. The Bertz CT molecular complexity index is 617. The molecule has 0 bridgehead atoms. The van der Waals surface area contributed by atoms with Gasteiger partial charge in [0, 0.05) is 18.4 Å². The fourth-order valence-electron chi connectivity index (χ4n) is 2.10. The van der Waals surface area contributed by atoms with Crippen LogP contribution in [0.3, 0.4) is 0 Å². The summed E-state index contributed by atoms with van der Waals surface area (Å²) in [7, 11) is 0. The molecule has 0 aliphatic carbocycles. The molecule has 0 saturated carbocycles. The summed E-state index contributed by atoms with van der Waals surface area (Å²) in [6.45, 7) is 1.91. The van der Waals surface area contributed by atoms with E-state index in [9.17, 15) is 9.18 Å². The number of carbonyl (C=O) groups excluding carboxylic acids is 1. The van der Waals surface area contributed by atoms with Gasteiger partial charge in [0.2, 0.25) is 5.91 Å². The summed E-state index contributed by atoms with van der Waals surface area (Å²) in [4.78, 5) is 15.9. The average molecular weight is 288 g/mol. The standard InChI is InChI=1S/C16H17FN2O2/c1-11(7-13-3-2-6-18-10-13)19-16(21)9-12-4-5-15(20)14(17)8-12/h2-6,8,10-11,20H,7,9H2,1H3,(H,19,21). The molecule has 0 spiro atoms. The van der Waals surface area contributed by atoms with Gasteiger partial charge in [-0.2, -0.15) is 0 Å². The van der Waals surface area contributed by atoms with Crippen molar-refractivity contribution in [1.82, 2.24) is 10.3 Å². The molecule has 1 aromatic heterocycles. The van der Waals surface area contributed by atoms with E-state index in [1.807, 2.05) is 19.1 Å². The number of carbonyl (C=O) groups is 1. The number of halogens is 1. The van der Waals surface area contributed by atoms with Gasteiger partial charge in [0.05, 0.1) is 6.42 Å². The first-order valence-corrected chi connectivity index (χ1v) is 6.70. The molecular weight excluding hydrogens is 271 g/mol. The molecule has 1 aromatic carbocycles. The summed E-state index contributed by atoms with van der Waals surface area (Å²) < 4.78 is 13.2. The van der Waals surface area contributed by atoms with Crippen molar-refractivity contribution in [2.45, 2.75) is 25.8 Å². The Hall–Kier alpha value is -2.43. The minimum Gasteiger partial charge on any atom is -0.505 e. The Morgan fingerprint density at radius 1 is 1.38 bits per heavy atom. The Balaban J connectivity index is 1.87. The van der Waals surface area contributed by atoms with Crippen LogP contribution in [0.2, 0.25) is 0 Å². The van der Waals surface area contributed by atoms with E-state index < -0.39 is 11.6 Å². The molecule has 1 unspecified atom stereocenters. The van der Waals surface area contributed by atoms with Crippen LogP contribution in [0.25, 0.3) is 0 Å². The molecule has 0 radical (unpaired) electrons. The van der Waals surface area contributed by atoms with Crippen LogP contribution in [0.5, 0.6) is 5.75 Å². The SMILES string of the molecule is CC(Cc1cccnc1)NC(=O)Cc1ccc(O)c(F)c1. The molecule has 2 rings (SSSR count). The molecule has 1 atom stereocenters. The van der Waals surface area contributed by atoms with Crippen molar-refractivity contribution >= 4 is 5.91 Å². The lowest BCUT2D eigenvalue weighted by atomic mass is 10.1. The summed E-state index contributed by atoms with van der Waals surface area (Å²) in [5.41, 5.74) is 1.57. The molecule has 0 aliphatic heterocycles. The van der Waals surface area contributed by atoms with Crippen LogP contribution in [-0.4, -0.2) is 22.0 Å². The van der Waals surface area contributed by atoms with Crippen LogP contribution >= 0.6 is 0 Å². The van der Waals surface area contributed by atoms with Crippen LogP contribution in [0.15, 0.2) is 42.7 Å². The number of aromatic hydroxyl groups is 1.